The lowest BCUT2D eigenvalue weighted by Crippen LogP contribution is -2.41. The van der Waals surface area contributed by atoms with E-state index in [0.717, 1.165) is 24.9 Å². The van der Waals surface area contributed by atoms with Crippen LogP contribution in [0.1, 0.15) is 18.4 Å². The average Bonchev–Trinajstić information content (AvgIpc) is 2.30. The second-order valence-corrected chi connectivity index (χ2v) is 4.30. The average molecular weight is 240 g/mol. The molecule has 4 heteroatoms. The van der Waals surface area contributed by atoms with Crippen molar-refractivity contribution in [1.29, 1.82) is 0 Å². The number of rotatable bonds is 3. The minimum Gasteiger partial charge on any atom is -0.364 e. The number of ether oxygens (including phenoxy) is 1. The first-order chi connectivity index (χ1) is 7.75. The van der Waals surface area contributed by atoms with Gasteiger partial charge in [0.25, 0.3) is 0 Å². The molecule has 16 heavy (non-hydrogen) atoms. The largest absolute Gasteiger partial charge is 0.364 e. The summed E-state index contributed by atoms with van der Waals surface area (Å²) in [4.78, 5) is 11.4. The van der Waals surface area contributed by atoms with E-state index >= 15 is 0 Å². The van der Waals surface area contributed by atoms with Crippen LogP contribution in [0.15, 0.2) is 24.3 Å². The molecule has 1 fully saturated rings. The van der Waals surface area contributed by atoms with Crippen LogP contribution in [0.4, 0.5) is 0 Å². The molecule has 1 unspecified atom stereocenters. The topological polar surface area (TPSA) is 38.3 Å². The highest BCUT2D eigenvalue weighted by atomic mass is 35.5. The van der Waals surface area contributed by atoms with Gasteiger partial charge in [0.15, 0.2) is 0 Å². The van der Waals surface area contributed by atoms with Crippen molar-refractivity contribution in [2.45, 2.75) is 25.6 Å². The van der Waals surface area contributed by atoms with Crippen molar-refractivity contribution in [3.8, 4) is 0 Å². The summed E-state index contributed by atoms with van der Waals surface area (Å²) in [5, 5.41) is 3.50. The monoisotopic (exact) mass is 239 g/mol. The highest BCUT2D eigenvalue weighted by molar-refractivity contribution is 6.30. The molecule has 0 aromatic heterocycles. The molecule has 0 spiro atoms. The van der Waals surface area contributed by atoms with Crippen LogP contribution in [0.25, 0.3) is 0 Å². The number of hydrogen-bond donors (Lipinski definition) is 1. The second kappa shape index (κ2) is 5.32. The molecule has 1 aliphatic heterocycles. The van der Waals surface area contributed by atoms with Crippen molar-refractivity contribution in [1.82, 2.24) is 5.32 Å². The number of carbonyl (C=O) groups is 1. The summed E-state index contributed by atoms with van der Waals surface area (Å²) in [6, 6.07) is 7.45. The number of nitrogens with one attached hydrogen (secondary N) is 1. The van der Waals surface area contributed by atoms with E-state index in [1.165, 1.54) is 0 Å². The highest BCUT2D eigenvalue weighted by Crippen LogP contribution is 2.13. The van der Waals surface area contributed by atoms with Crippen LogP contribution in [0, 0.1) is 0 Å². The van der Waals surface area contributed by atoms with Crippen LogP contribution in [0.2, 0.25) is 5.02 Å². The lowest BCUT2D eigenvalue weighted by Gasteiger charge is -2.22. The molecule has 0 bridgehead atoms. The molecule has 1 aromatic carbocycles. The summed E-state index contributed by atoms with van der Waals surface area (Å²) in [7, 11) is 0. The van der Waals surface area contributed by atoms with Gasteiger partial charge in [0.2, 0.25) is 5.91 Å². The molecule has 1 atom stereocenters. The standard InChI is InChI=1S/C12H14ClNO2/c13-10-5-3-9(4-6-10)8-16-11-2-1-7-14-12(11)15/h3-6,11H,1-2,7-8H2,(H,14,15). The molecular weight excluding hydrogens is 226 g/mol. The normalized spacial score (nSPS) is 20.6. The van der Waals surface area contributed by atoms with Crippen molar-refractivity contribution in [2.24, 2.45) is 0 Å². The van der Waals surface area contributed by atoms with Crippen molar-refractivity contribution in [2.75, 3.05) is 6.54 Å². The van der Waals surface area contributed by atoms with Gasteiger partial charge in [-0.1, -0.05) is 23.7 Å². The maximum atomic E-state index is 11.4. The van der Waals surface area contributed by atoms with E-state index in [1.807, 2.05) is 24.3 Å². The molecule has 1 aromatic rings. The lowest BCUT2D eigenvalue weighted by molar-refractivity contribution is -0.136. The Morgan fingerprint density at radius 2 is 2.12 bits per heavy atom. The number of carbonyl (C=O) groups excluding carboxylic acids is 1. The van der Waals surface area contributed by atoms with Crippen LogP contribution >= 0.6 is 11.6 Å². The Morgan fingerprint density at radius 3 is 2.81 bits per heavy atom. The summed E-state index contributed by atoms with van der Waals surface area (Å²) < 4.78 is 5.57. The molecule has 2 rings (SSSR count). The fraction of sp³-hybridized carbons (Fsp3) is 0.417. The summed E-state index contributed by atoms with van der Waals surface area (Å²) in [5.74, 6) is 0.000198. The van der Waals surface area contributed by atoms with Gasteiger partial charge in [-0.3, -0.25) is 4.79 Å². The maximum Gasteiger partial charge on any atom is 0.249 e. The Morgan fingerprint density at radius 1 is 1.38 bits per heavy atom. The quantitative estimate of drug-likeness (QED) is 0.878. The predicted molar refractivity (Wildman–Crippen MR) is 62.3 cm³/mol. The van der Waals surface area contributed by atoms with Crippen LogP contribution in [-0.2, 0) is 16.1 Å². The van der Waals surface area contributed by atoms with Crippen molar-refractivity contribution >= 4 is 17.5 Å². The molecule has 1 aliphatic rings. The summed E-state index contributed by atoms with van der Waals surface area (Å²) in [5.41, 5.74) is 1.03. The van der Waals surface area contributed by atoms with E-state index in [0.29, 0.717) is 11.6 Å². The Kier molecular flexibility index (Phi) is 3.80. The fourth-order valence-corrected chi connectivity index (χ4v) is 1.81. The van der Waals surface area contributed by atoms with Gasteiger partial charge in [0.05, 0.1) is 6.61 Å². The van der Waals surface area contributed by atoms with E-state index in [2.05, 4.69) is 5.32 Å². The van der Waals surface area contributed by atoms with Crippen LogP contribution in [0.3, 0.4) is 0 Å². The molecule has 1 amide bonds. The molecule has 0 aliphatic carbocycles. The summed E-state index contributed by atoms with van der Waals surface area (Å²) in [6.07, 6.45) is 1.49. The third kappa shape index (κ3) is 2.97. The number of benzene rings is 1. The summed E-state index contributed by atoms with van der Waals surface area (Å²) >= 11 is 5.78. The van der Waals surface area contributed by atoms with Gasteiger partial charge < -0.3 is 10.1 Å². The van der Waals surface area contributed by atoms with E-state index in [-0.39, 0.29) is 12.0 Å². The van der Waals surface area contributed by atoms with Gasteiger partial charge in [-0.25, -0.2) is 0 Å². The van der Waals surface area contributed by atoms with Crippen LogP contribution < -0.4 is 5.32 Å². The van der Waals surface area contributed by atoms with Gasteiger partial charge in [0.1, 0.15) is 6.10 Å². The highest BCUT2D eigenvalue weighted by Gasteiger charge is 2.22. The zero-order valence-corrected chi connectivity index (χ0v) is 9.67. The van der Waals surface area contributed by atoms with E-state index in [4.69, 9.17) is 16.3 Å². The lowest BCUT2D eigenvalue weighted by atomic mass is 10.1. The Bertz CT molecular complexity index is 364. The van der Waals surface area contributed by atoms with Gasteiger partial charge in [-0.15, -0.1) is 0 Å². The Balaban J connectivity index is 1.86. The molecular formula is C12H14ClNO2. The minimum atomic E-state index is -0.301. The van der Waals surface area contributed by atoms with E-state index in [9.17, 15) is 4.79 Å². The predicted octanol–water partition coefficient (Wildman–Crippen LogP) is 2.14. The first-order valence-corrected chi connectivity index (χ1v) is 5.77. The van der Waals surface area contributed by atoms with Crippen LogP contribution in [0.5, 0.6) is 0 Å². The molecule has 86 valence electrons. The van der Waals surface area contributed by atoms with Crippen molar-refractivity contribution in [3.63, 3.8) is 0 Å². The maximum absolute atomic E-state index is 11.4. The van der Waals surface area contributed by atoms with Crippen molar-refractivity contribution < 1.29 is 9.53 Å². The zero-order chi connectivity index (χ0) is 11.4. The van der Waals surface area contributed by atoms with Crippen molar-refractivity contribution in [3.05, 3.63) is 34.9 Å². The third-order valence-corrected chi connectivity index (χ3v) is 2.85. The number of hydrogen-bond acceptors (Lipinski definition) is 2. The molecule has 3 nitrogen and oxygen atoms in total. The molecule has 1 heterocycles. The SMILES string of the molecule is O=C1NCCCC1OCc1ccc(Cl)cc1. The molecule has 1 saturated heterocycles. The van der Waals surface area contributed by atoms with E-state index < -0.39 is 0 Å². The molecule has 0 saturated carbocycles. The molecule has 0 radical (unpaired) electrons. The first-order valence-electron chi connectivity index (χ1n) is 5.39. The van der Waals surface area contributed by atoms with Gasteiger partial charge in [-0.05, 0) is 30.5 Å². The Labute approximate surface area is 99.7 Å². The Hall–Kier alpha value is -1.06. The first kappa shape index (κ1) is 11.4. The zero-order valence-electron chi connectivity index (χ0n) is 8.91. The molecule has 1 N–H and O–H groups in total. The van der Waals surface area contributed by atoms with Gasteiger partial charge in [-0.2, -0.15) is 0 Å². The number of amides is 1. The van der Waals surface area contributed by atoms with Gasteiger partial charge >= 0.3 is 0 Å². The minimum absolute atomic E-state index is 0.000198. The van der Waals surface area contributed by atoms with Crippen LogP contribution in [-0.4, -0.2) is 18.6 Å². The number of halogens is 1. The number of piperidine rings is 1. The third-order valence-electron chi connectivity index (χ3n) is 2.60. The smallest absolute Gasteiger partial charge is 0.249 e. The summed E-state index contributed by atoms with van der Waals surface area (Å²) in [6.45, 7) is 1.22. The fourth-order valence-electron chi connectivity index (χ4n) is 1.68. The van der Waals surface area contributed by atoms with Gasteiger partial charge in [0, 0.05) is 11.6 Å². The van der Waals surface area contributed by atoms with E-state index in [1.54, 1.807) is 0 Å². The second-order valence-electron chi connectivity index (χ2n) is 3.86.